The first kappa shape index (κ1) is 16.7. The first-order chi connectivity index (χ1) is 13.7. The number of rotatable bonds is 3. The van der Waals surface area contributed by atoms with E-state index in [1.807, 2.05) is 38.5 Å². The molecule has 5 rings (SSSR count). The number of fused-ring (bicyclic) bond motifs is 3. The van der Waals surface area contributed by atoms with Crippen molar-refractivity contribution in [2.45, 2.75) is 19.8 Å². The summed E-state index contributed by atoms with van der Waals surface area (Å²) in [5, 5.41) is 3.37. The quantitative estimate of drug-likeness (QED) is 0.570. The summed E-state index contributed by atoms with van der Waals surface area (Å²) in [5.74, 6) is 1.61. The lowest BCUT2D eigenvalue weighted by atomic mass is 9.90. The van der Waals surface area contributed by atoms with Crippen molar-refractivity contribution in [2.24, 2.45) is 7.05 Å². The molecule has 0 spiro atoms. The first-order valence-electron chi connectivity index (χ1n) is 9.49. The van der Waals surface area contributed by atoms with Gasteiger partial charge in [0.1, 0.15) is 5.82 Å². The molecule has 1 N–H and O–H groups in total. The van der Waals surface area contributed by atoms with E-state index in [2.05, 4.69) is 56.3 Å². The minimum Gasteiger partial charge on any atom is -0.331 e. The Kier molecular flexibility index (Phi) is 3.93. The molecule has 0 radical (unpaired) electrons. The lowest BCUT2D eigenvalue weighted by Gasteiger charge is -2.19. The van der Waals surface area contributed by atoms with E-state index in [0.29, 0.717) is 5.95 Å². The molecule has 5 heteroatoms. The Morgan fingerprint density at radius 3 is 2.64 bits per heavy atom. The molecule has 0 aliphatic heterocycles. The molecule has 1 aliphatic rings. The minimum atomic E-state index is 0.619. The van der Waals surface area contributed by atoms with Crippen LogP contribution in [-0.2, 0) is 19.9 Å². The summed E-state index contributed by atoms with van der Waals surface area (Å²) in [5.41, 5.74) is 7.97. The summed E-state index contributed by atoms with van der Waals surface area (Å²) in [7, 11) is 2.03. The second-order valence-electron chi connectivity index (χ2n) is 7.18. The third-order valence-electron chi connectivity index (χ3n) is 5.44. The van der Waals surface area contributed by atoms with Crippen LogP contribution in [0.2, 0.25) is 0 Å². The number of aryl methyl sites for hydroxylation is 3. The molecule has 2 heterocycles. The van der Waals surface area contributed by atoms with Gasteiger partial charge in [0, 0.05) is 30.1 Å². The van der Waals surface area contributed by atoms with E-state index < -0.39 is 0 Å². The highest BCUT2D eigenvalue weighted by Gasteiger charge is 2.18. The highest BCUT2D eigenvalue weighted by atomic mass is 15.1. The summed E-state index contributed by atoms with van der Waals surface area (Å²) in [6, 6.07) is 16.8. The number of nitrogens with zero attached hydrogens (tertiary/aromatic N) is 4. The summed E-state index contributed by atoms with van der Waals surface area (Å²) < 4.78 is 2.09. The summed E-state index contributed by atoms with van der Waals surface area (Å²) in [6.07, 6.45) is 5.89. The largest absolute Gasteiger partial charge is 0.331 e. The maximum Gasteiger partial charge on any atom is 0.227 e. The second kappa shape index (κ2) is 6.60. The Balaban J connectivity index is 1.48. The van der Waals surface area contributed by atoms with Crippen molar-refractivity contribution in [3.05, 3.63) is 77.9 Å². The average Bonchev–Trinajstić information content (AvgIpc) is 3.07. The lowest BCUT2D eigenvalue weighted by Crippen LogP contribution is -2.08. The van der Waals surface area contributed by atoms with E-state index in [1.54, 1.807) is 0 Å². The second-order valence-corrected chi connectivity index (χ2v) is 7.18. The minimum absolute atomic E-state index is 0.619. The van der Waals surface area contributed by atoms with E-state index in [-0.39, 0.29) is 0 Å². The van der Waals surface area contributed by atoms with E-state index in [0.717, 1.165) is 41.3 Å². The fourth-order valence-corrected chi connectivity index (χ4v) is 3.78. The molecule has 0 saturated heterocycles. The smallest absolute Gasteiger partial charge is 0.227 e. The van der Waals surface area contributed by atoms with Gasteiger partial charge in [-0.25, -0.2) is 15.0 Å². The van der Waals surface area contributed by atoms with Gasteiger partial charge in [-0.15, -0.1) is 0 Å². The highest BCUT2D eigenvalue weighted by Crippen LogP contribution is 2.32. The molecule has 0 fully saturated rings. The lowest BCUT2D eigenvalue weighted by molar-refractivity contribution is 0.865. The molecule has 0 bridgehead atoms. The predicted molar refractivity (Wildman–Crippen MR) is 112 cm³/mol. The zero-order chi connectivity index (χ0) is 19.1. The van der Waals surface area contributed by atoms with Crippen LogP contribution in [0.1, 0.15) is 17.0 Å². The van der Waals surface area contributed by atoms with E-state index in [9.17, 15) is 0 Å². The number of imidazole rings is 1. The predicted octanol–water partition coefficient (Wildman–Crippen LogP) is 4.69. The fourth-order valence-electron chi connectivity index (χ4n) is 3.78. The van der Waals surface area contributed by atoms with E-state index in [1.165, 1.54) is 16.7 Å². The Morgan fingerprint density at radius 2 is 1.79 bits per heavy atom. The van der Waals surface area contributed by atoms with Crippen molar-refractivity contribution in [1.29, 1.82) is 0 Å². The van der Waals surface area contributed by atoms with Crippen LogP contribution in [0.5, 0.6) is 0 Å². The summed E-state index contributed by atoms with van der Waals surface area (Å²) in [6.45, 7) is 2.00. The van der Waals surface area contributed by atoms with Gasteiger partial charge in [0.15, 0.2) is 0 Å². The zero-order valence-electron chi connectivity index (χ0n) is 16.0. The van der Waals surface area contributed by atoms with Crippen LogP contribution in [0.4, 0.5) is 11.6 Å². The normalized spacial score (nSPS) is 12.4. The Morgan fingerprint density at radius 1 is 0.929 bits per heavy atom. The fraction of sp³-hybridized carbons (Fsp3) is 0.174. The van der Waals surface area contributed by atoms with Crippen molar-refractivity contribution >= 4 is 11.6 Å². The van der Waals surface area contributed by atoms with Crippen molar-refractivity contribution in [1.82, 2.24) is 19.5 Å². The van der Waals surface area contributed by atoms with Crippen LogP contribution in [0, 0.1) is 6.92 Å². The average molecular weight is 367 g/mol. The van der Waals surface area contributed by atoms with Crippen molar-refractivity contribution in [3.63, 3.8) is 0 Å². The highest BCUT2D eigenvalue weighted by molar-refractivity contribution is 5.72. The molecule has 2 aromatic carbocycles. The molecule has 0 amide bonds. The Hall–Kier alpha value is -3.47. The molecule has 138 valence electrons. The van der Waals surface area contributed by atoms with Gasteiger partial charge in [-0.05, 0) is 43.0 Å². The molecule has 1 aliphatic carbocycles. The molecule has 0 unspecified atom stereocenters. The van der Waals surface area contributed by atoms with Crippen LogP contribution in [0.15, 0.2) is 60.9 Å². The maximum absolute atomic E-state index is 4.83. The van der Waals surface area contributed by atoms with Gasteiger partial charge in [-0.2, -0.15) is 0 Å². The van der Waals surface area contributed by atoms with E-state index >= 15 is 0 Å². The van der Waals surface area contributed by atoms with E-state index in [4.69, 9.17) is 4.98 Å². The van der Waals surface area contributed by atoms with Crippen molar-refractivity contribution in [3.8, 4) is 22.5 Å². The number of aromatic nitrogens is 4. The van der Waals surface area contributed by atoms with Gasteiger partial charge >= 0.3 is 0 Å². The third kappa shape index (κ3) is 2.85. The van der Waals surface area contributed by atoms with Crippen LogP contribution in [0.3, 0.4) is 0 Å². The first-order valence-corrected chi connectivity index (χ1v) is 9.49. The monoisotopic (exact) mass is 367 g/mol. The van der Waals surface area contributed by atoms with Crippen molar-refractivity contribution < 1.29 is 0 Å². The standard InChI is InChI=1S/C23H21N5/c1-15-24-14-21(28(15)2)17-7-5-8-19(12-17)26-23-25-13-18-11-10-16-6-3-4-9-20(16)22(18)27-23/h3-9,12-14H,10-11H2,1-2H3,(H,25,26,27). The zero-order valence-corrected chi connectivity index (χ0v) is 16.0. The van der Waals surface area contributed by atoms with Crippen LogP contribution in [0.25, 0.3) is 22.5 Å². The van der Waals surface area contributed by atoms with Gasteiger partial charge in [0.2, 0.25) is 5.95 Å². The topological polar surface area (TPSA) is 55.6 Å². The molecule has 2 aromatic heterocycles. The van der Waals surface area contributed by atoms with Crippen LogP contribution < -0.4 is 5.32 Å². The summed E-state index contributed by atoms with van der Waals surface area (Å²) in [4.78, 5) is 13.8. The van der Waals surface area contributed by atoms with Gasteiger partial charge in [0.05, 0.1) is 17.6 Å². The SMILES string of the molecule is Cc1ncc(-c2cccc(Nc3ncc4c(n3)-c3ccccc3CC4)c2)n1C. The molecular weight excluding hydrogens is 346 g/mol. The Bertz CT molecular complexity index is 1180. The van der Waals surface area contributed by atoms with Crippen LogP contribution in [-0.4, -0.2) is 19.5 Å². The summed E-state index contributed by atoms with van der Waals surface area (Å²) >= 11 is 0. The molecule has 0 saturated carbocycles. The molecule has 4 aromatic rings. The van der Waals surface area contributed by atoms with Crippen LogP contribution >= 0.6 is 0 Å². The third-order valence-corrected chi connectivity index (χ3v) is 5.44. The number of benzene rings is 2. The molecular formula is C23H21N5. The van der Waals surface area contributed by atoms with Gasteiger partial charge in [-0.3, -0.25) is 0 Å². The number of nitrogens with one attached hydrogen (secondary N) is 1. The Labute approximate surface area is 164 Å². The number of hydrogen-bond acceptors (Lipinski definition) is 4. The van der Waals surface area contributed by atoms with Gasteiger partial charge in [-0.1, -0.05) is 36.4 Å². The molecule has 5 nitrogen and oxygen atoms in total. The molecule has 0 atom stereocenters. The number of hydrogen-bond donors (Lipinski definition) is 1. The number of anilines is 2. The molecule has 28 heavy (non-hydrogen) atoms. The van der Waals surface area contributed by atoms with Gasteiger partial charge in [0.25, 0.3) is 0 Å². The maximum atomic E-state index is 4.83. The van der Waals surface area contributed by atoms with Gasteiger partial charge < -0.3 is 9.88 Å². The van der Waals surface area contributed by atoms with Crippen molar-refractivity contribution in [2.75, 3.05) is 5.32 Å².